The van der Waals surface area contributed by atoms with Crippen LogP contribution in [0.3, 0.4) is 0 Å². The molecule has 0 N–H and O–H groups in total. The fourth-order valence-electron chi connectivity index (χ4n) is 2.96. The van der Waals surface area contributed by atoms with Crippen molar-refractivity contribution in [2.75, 3.05) is 0 Å². The predicted molar refractivity (Wildman–Crippen MR) is 98.9 cm³/mol. The van der Waals surface area contributed by atoms with E-state index in [-0.39, 0.29) is 29.2 Å². The molecule has 0 bridgehead atoms. The number of imide groups is 1. The van der Waals surface area contributed by atoms with Crippen LogP contribution in [0.15, 0.2) is 54.6 Å². The van der Waals surface area contributed by atoms with Gasteiger partial charge in [0.05, 0.1) is 10.6 Å². The molecule has 1 aliphatic rings. The molecule has 1 heterocycles. The molecule has 1 unspecified atom stereocenters. The van der Waals surface area contributed by atoms with Crippen LogP contribution in [-0.4, -0.2) is 39.6 Å². The van der Waals surface area contributed by atoms with E-state index < -0.39 is 23.8 Å². The highest BCUT2D eigenvalue weighted by molar-refractivity contribution is 6.34. The minimum atomic E-state index is -1.07. The van der Waals surface area contributed by atoms with E-state index in [0.29, 0.717) is 5.56 Å². The van der Waals surface area contributed by atoms with E-state index in [0.717, 1.165) is 10.0 Å². The van der Waals surface area contributed by atoms with Crippen molar-refractivity contribution in [3.63, 3.8) is 0 Å². The molecule has 1 fully saturated rings. The van der Waals surface area contributed by atoms with Crippen LogP contribution in [0, 0.1) is 0 Å². The highest BCUT2D eigenvalue weighted by Crippen LogP contribution is 2.25. The first kappa shape index (κ1) is 18.8. The third kappa shape index (κ3) is 3.61. The summed E-state index contributed by atoms with van der Waals surface area (Å²) in [6, 6.07) is 13.6. The monoisotopic (exact) mass is 384 g/mol. The molecule has 27 heavy (non-hydrogen) atoms. The number of carbonyl (C=O) groups is 4. The Morgan fingerprint density at radius 3 is 2.11 bits per heavy atom. The van der Waals surface area contributed by atoms with E-state index in [1.165, 1.54) is 19.1 Å². The second-order valence-electron chi connectivity index (χ2n) is 6.14. The van der Waals surface area contributed by atoms with Crippen LogP contribution >= 0.6 is 11.6 Å². The summed E-state index contributed by atoms with van der Waals surface area (Å²) in [7, 11) is 0. The molecule has 1 saturated heterocycles. The molecule has 3 rings (SSSR count). The van der Waals surface area contributed by atoms with E-state index in [9.17, 15) is 19.2 Å². The summed E-state index contributed by atoms with van der Waals surface area (Å²) in [4.78, 5) is 50.6. The van der Waals surface area contributed by atoms with Gasteiger partial charge in [0.1, 0.15) is 6.04 Å². The van der Waals surface area contributed by atoms with Gasteiger partial charge in [0.25, 0.3) is 5.91 Å². The van der Waals surface area contributed by atoms with Gasteiger partial charge in [-0.15, -0.1) is 0 Å². The maximum Gasteiger partial charge on any atom is 0.275 e. The molecule has 0 spiro atoms. The Morgan fingerprint density at radius 1 is 0.963 bits per heavy atom. The molecular formula is C20H17ClN2O4. The fourth-order valence-corrected chi connectivity index (χ4v) is 3.17. The minimum Gasteiger partial charge on any atom is -0.292 e. The second kappa shape index (κ2) is 7.72. The Balaban J connectivity index is 2.04. The van der Waals surface area contributed by atoms with Gasteiger partial charge in [-0.05, 0) is 19.1 Å². The van der Waals surface area contributed by atoms with Gasteiger partial charge in [0.15, 0.2) is 5.78 Å². The van der Waals surface area contributed by atoms with Gasteiger partial charge in [0.2, 0.25) is 11.8 Å². The molecule has 6 nitrogen and oxygen atoms in total. The summed E-state index contributed by atoms with van der Waals surface area (Å²) in [5, 5.41) is 1.87. The van der Waals surface area contributed by atoms with Crippen LogP contribution in [0.2, 0.25) is 5.02 Å². The average Bonchev–Trinajstić information content (AvgIpc) is 3.01. The molecule has 7 heteroatoms. The van der Waals surface area contributed by atoms with Crippen LogP contribution in [0.25, 0.3) is 0 Å². The molecule has 2 aromatic carbocycles. The van der Waals surface area contributed by atoms with Crippen molar-refractivity contribution in [3.05, 3.63) is 70.7 Å². The van der Waals surface area contributed by atoms with E-state index in [4.69, 9.17) is 11.6 Å². The van der Waals surface area contributed by atoms with Crippen molar-refractivity contribution in [3.8, 4) is 0 Å². The minimum absolute atomic E-state index is 0.00260. The SMILES string of the molecule is CC(C(=O)c1ccccc1)N(C(=O)c1ccccc1Cl)N1C(=O)CCC1=O. The van der Waals surface area contributed by atoms with Gasteiger partial charge in [0, 0.05) is 18.4 Å². The van der Waals surface area contributed by atoms with E-state index in [1.807, 2.05) is 0 Å². The highest BCUT2D eigenvalue weighted by atomic mass is 35.5. The fraction of sp³-hybridized carbons (Fsp3) is 0.200. The molecule has 0 aliphatic carbocycles. The smallest absolute Gasteiger partial charge is 0.275 e. The van der Waals surface area contributed by atoms with Gasteiger partial charge in [-0.2, -0.15) is 5.01 Å². The molecule has 0 saturated carbocycles. The molecule has 138 valence electrons. The Morgan fingerprint density at radius 2 is 1.52 bits per heavy atom. The molecule has 3 amide bonds. The predicted octanol–water partition coefficient (Wildman–Crippen LogP) is 3.12. The molecule has 2 aromatic rings. The number of amides is 3. The third-order valence-electron chi connectivity index (χ3n) is 4.36. The Kier molecular flexibility index (Phi) is 5.37. The number of benzene rings is 2. The lowest BCUT2D eigenvalue weighted by molar-refractivity contribution is -0.154. The van der Waals surface area contributed by atoms with Crippen LogP contribution in [0.5, 0.6) is 0 Å². The van der Waals surface area contributed by atoms with E-state index >= 15 is 0 Å². The number of hydrogen-bond acceptors (Lipinski definition) is 4. The van der Waals surface area contributed by atoms with Crippen molar-refractivity contribution in [2.24, 2.45) is 0 Å². The normalized spacial score (nSPS) is 15.0. The first-order valence-electron chi connectivity index (χ1n) is 8.45. The van der Waals surface area contributed by atoms with Crippen molar-refractivity contribution in [2.45, 2.75) is 25.8 Å². The number of carbonyl (C=O) groups excluding carboxylic acids is 4. The quantitative estimate of drug-likeness (QED) is 0.586. The summed E-state index contributed by atoms with van der Waals surface area (Å²) < 4.78 is 0. The number of halogens is 1. The maximum absolute atomic E-state index is 13.2. The van der Waals surface area contributed by atoms with Gasteiger partial charge in [-0.3, -0.25) is 19.2 Å². The van der Waals surface area contributed by atoms with Gasteiger partial charge in [-0.25, -0.2) is 5.01 Å². The van der Waals surface area contributed by atoms with Gasteiger partial charge < -0.3 is 0 Å². The number of hydrazine groups is 1. The van der Waals surface area contributed by atoms with Crippen LogP contribution in [0.4, 0.5) is 0 Å². The molecule has 1 aliphatic heterocycles. The second-order valence-corrected chi connectivity index (χ2v) is 6.54. The van der Waals surface area contributed by atoms with Crippen LogP contribution in [-0.2, 0) is 9.59 Å². The zero-order chi connectivity index (χ0) is 19.6. The number of hydrogen-bond donors (Lipinski definition) is 0. The summed E-state index contributed by atoms with van der Waals surface area (Å²) in [5.41, 5.74) is 0.487. The number of nitrogens with zero attached hydrogens (tertiary/aromatic N) is 2. The lowest BCUT2D eigenvalue weighted by atomic mass is 10.0. The average molecular weight is 385 g/mol. The Bertz CT molecular complexity index is 897. The summed E-state index contributed by atoms with van der Waals surface area (Å²) in [6.07, 6.45) is -0.00519. The third-order valence-corrected chi connectivity index (χ3v) is 4.69. The molecule has 1 atom stereocenters. The Labute approximate surface area is 161 Å². The lowest BCUT2D eigenvalue weighted by Gasteiger charge is -2.34. The van der Waals surface area contributed by atoms with Crippen molar-refractivity contribution >= 4 is 35.1 Å². The zero-order valence-electron chi connectivity index (χ0n) is 14.6. The lowest BCUT2D eigenvalue weighted by Crippen LogP contribution is -2.56. The first-order chi connectivity index (χ1) is 12.9. The summed E-state index contributed by atoms with van der Waals surface area (Å²) in [5.74, 6) is -2.11. The number of ketones is 1. The van der Waals surface area contributed by atoms with Crippen molar-refractivity contribution < 1.29 is 19.2 Å². The van der Waals surface area contributed by atoms with Crippen LogP contribution in [0.1, 0.15) is 40.5 Å². The Hall–Kier alpha value is -2.99. The topological polar surface area (TPSA) is 74.8 Å². The summed E-state index contributed by atoms with van der Waals surface area (Å²) >= 11 is 6.12. The first-order valence-corrected chi connectivity index (χ1v) is 8.82. The molecule has 0 radical (unpaired) electrons. The highest BCUT2D eigenvalue weighted by Gasteiger charge is 2.42. The van der Waals surface area contributed by atoms with E-state index in [2.05, 4.69) is 0 Å². The number of Topliss-reactive ketones (excluding diaryl/α,β-unsaturated/α-hetero) is 1. The van der Waals surface area contributed by atoms with Crippen LogP contribution < -0.4 is 0 Å². The molecular weight excluding hydrogens is 368 g/mol. The molecule has 0 aromatic heterocycles. The van der Waals surface area contributed by atoms with Gasteiger partial charge >= 0.3 is 0 Å². The number of rotatable bonds is 5. The van der Waals surface area contributed by atoms with Crippen molar-refractivity contribution in [1.29, 1.82) is 0 Å². The zero-order valence-corrected chi connectivity index (χ0v) is 15.3. The van der Waals surface area contributed by atoms with Gasteiger partial charge in [-0.1, -0.05) is 54.1 Å². The van der Waals surface area contributed by atoms with Crippen molar-refractivity contribution in [1.82, 2.24) is 10.0 Å². The van der Waals surface area contributed by atoms with E-state index in [1.54, 1.807) is 42.5 Å². The summed E-state index contributed by atoms with van der Waals surface area (Å²) in [6.45, 7) is 1.49. The largest absolute Gasteiger partial charge is 0.292 e. The standard InChI is InChI=1S/C20H17ClN2O4/c1-13(19(26)14-7-3-2-4-8-14)22(23-17(24)11-12-18(23)25)20(27)15-9-5-6-10-16(15)21/h2-10,13H,11-12H2,1H3. The maximum atomic E-state index is 13.2.